The lowest BCUT2D eigenvalue weighted by atomic mass is 9.96. The molecular weight excluding hydrogens is 344 g/mol. The Hall–Kier alpha value is -0.890. The quantitative estimate of drug-likeness (QED) is 0.616. The number of carbonyl (C=O) groups is 2. The molecule has 7 nitrogen and oxygen atoms in total. The van der Waals surface area contributed by atoms with Gasteiger partial charge in [-0.3, -0.25) is 14.5 Å². The third-order valence-electron chi connectivity index (χ3n) is 5.07. The summed E-state index contributed by atoms with van der Waals surface area (Å²) in [6, 6.07) is -0.149. The van der Waals surface area contributed by atoms with Gasteiger partial charge >= 0.3 is 0 Å². The second-order valence-corrected chi connectivity index (χ2v) is 6.70. The smallest absolute Gasteiger partial charge is 0.237 e. The normalized spacial score (nSPS) is 20.6. The number of piperazine rings is 1. The van der Waals surface area contributed by atoms with Crippen LogP contribution in [0.5, 0.6) is 0 Å². The highest BCUT2D eigenvalue weighted by Crippen LogP contribution is 2.17. The highest BCUT2D eigenvalue weighted by atomic mass is 35.5. The Morgan fingerprint density at radius 2 is 1.84 bits per heavy atom. The summed E-state index contributed by atoms with van der Waals surface area (Å²) in [6.45, 7) is 8.11. The molecule has 1 atom stereocenters. The summed E-state index contributed by atoms with van der Waals surface area (Å²) in [6.07, 6.45) is 2.71. The molecule has 0 aromatic rings. The van der Waals surface area contributed by atoms with Crippen LogP contribution >= 0.6 is 12.4 Å². The van der Waals surface area contributed by atoms with Gasteiger partial charge in [0.05, 0.1) is 6.04 Å². The first kappa shape index (κ1) is 22.2. The van der Waals surface area contributed by atoms with E-state index >= 15 is 0 Å². The van der Waals surface area contributed by atoms with Crippen LogP contribution in [-0.2, 0) is 14.3 Å². The molecule has 0 aromatic carbocycles. The Labute approximate surface area is 157 Å². The van der Waals surface area contributed by atoms with Crippen LogP contribution in [0.15, 0.2) is 0 Å². The number of hydrogen-bond donors (Lipinski definition) is 2. The van der Waals surface area contributed by atoms with Crippen LogP contribution in [0, 0.1) is 5.92 Å². The molecular formula is C17H33ClN4O3. The van der Waals surface area contributed by atoms with Crippen molar-refractivity contribution in [3.63, 3.8) is 0 Å². The molecule has 0 spiro atoms. The first-order valence-corrected chi connectivity index (χ1v) is 9.13. The Kier molecular flexibility index (Phi) is 10.3. The van der Waals surface area contributed by atoms with Crippen molar-refractivity contribution in [2.24, 2.45) is 5.92 Å². The molecule has 2 amide bonds. The van der Waals surface area contributed by atoms with Crippen molar-refractivity contribution in [2.45, 2.75) is 32.2 Å². The topological polar surface area (TPSA) is 73.9 Å². The molecule has 0 aromatic heterocycles. The Morgan fingerprint density at radius 1 is 1.20 bits per heavy atom. The highest BCUT2D eigenvalue weighted by Gasteiger charge is 2.30. The van der Waals surface area contributed by atoms with Gasteiger partial charge in [0.15, 0.2) is 0 Å². The SMILES string of the molecule is COCCCNC(=O)C(C)N1CCN(C(=O)C2CCNCC2)CC1.Cl. The summed E-state index contributed by atoms with van der Waals surface area (Å²) in [5, 5.41) is 6.25. The standard InChI is InChI=1S/C17H32N4O3.ClH/c1-14(16(22)19-6-3-13-24-2)20-9-11-21(12-10-20)17(23)15-4-7-18-8-5-15;/h14-15,18H,3-13H2,1-2H3,(H,19,22);1H. The maximum atomic E-state index is 12.6. The number of methoxy groups -OCH3 is 1. The second kappa shape index (κ2) is 11.7. The number of rotatable bonds is 7. The third-order valence-corrected chi connectivity index (χ3v) is 5.07. The number of nitrogens with zero attached hydrogens (tertiary/aromatic N) is 2. The zero-order chi connectivity index (χ0) is 17.4. The predicted molar refractivity (Wildman–Crippen MR) is 100.0 cm³/mol. The second-order valence-electron chi connectivity index (χ2n) is 6.70. The van der Waals surface area contributed by atoms with Crippen molar-refractivity contribution in [1.29, 1.82) is 0 Å². The molecule has 2 aliphatic heterocycles. The van der Waals surface area contributed by atoms with E-state index in [0.29, 0.717) is 19.1 Å². The summed E-state index contributed by atoms with van der Waals surface area (Å²) < 4.78 is 4.98. The van der Waals surface area contributed by atoms with Crippen LogP contribution in [-0.4, -0.2) is 87.2 Å². The Morgan fingerprint density at radius 3 is 2.44 bits per heavy atom. The van der Waals surface area contributed by atoms with Gasteiger partial charge in [0.2, 0.25) is 11.8 Å². The molecule has 25 heavy (non-hydrogen) atoms. The Balaban J connectivity index is 0.00000312. The minimum Gasteiger partial charge on any atom is -0.385 e. The number of piperidine rings is 1. The summed E-state index contributed by atoms with van der Waals surface area (Å²) >= 11 is 0. The van der Waals surface area contributed by atoms with Gasteiger partial charge in [-0.2, -0.15) is 0 Å². The lowest BCUT2D eigenvalue weighted by Gasteiger charge is -2.39. The monoisotopic (exact) mass is 376 g/mol. The molecule has 1 unspecified atom stereocenters. The van der Waals surface area contributed by atoms with Gasteiger partial charge in [0.1, 0.15) is 0 Å². The number of nitrogens with one attached hydrogen (secondary N) is 2. The average Bonchev–Trinajstić information content (AvgIpc) is 2.64. The largest absolute Gasteiger partial charge is 0.385 e. The van der Waals surface area contributed by atoms with Gasteiger partial charge in [-0.1, -0.05) is 0 Å². The lowest BCUT2D eigenvalue weighted by molar-refractivity contribution is -0.139. The molecule has 2 saturated heterocycles. The molecule has 0 bridgehead atoms. The zero-order valence-electron chi connectivity index (χ0n) is 15.5. The maximum absolute atomic E-state index is 12.6. The first-order chi connectivity index (χ1) is 11.6. The van der Waals surface area contributed by atoms with E-state index in [1.54, 1.807) is 7.11 Å². The molecule has 2 aliphatic rings. The van der Waals surface area contributed by atoms with Crippen molar-refractivity contribution in [3.8, 4) is 0 Å². The van der Waals surface area contributed by atoms with Crippen molar-refractivity contribution < 1.29 is 14.3 Å². The van der Waals surface area contributed by atoms with Crippen LogP contribution in [0.2, 0.25) is 0 Å². The molecule has 8 heteroatoms. The zero-order valence-corrected chi connectivity index (χ0v) is 16.3. The summed E-state index contributed by atoms with van der Waals surface area (Å²) in [7, 11) is 1.66. The van der Waals surface area contributed by atoms with E-state index in [-0.39, 0.29) is 30.3 Å². The Bertz CT molecular complexity index is 411. The molecule has 0 radical (unpaired) electrons. The summed E-state index contributed by atoms with van der Waals surface area (Å²) in [5.41, 5.74) is 0. The first-order valence-electron chi connectivity index (χ1n) is 9.13. The van der Waals surface area contributed by atoms with E-state index in [0.717, 1.165) is 58.5 Å². The van der Waals surface area contributed by atoms with Crippen LogP contribution in [0.3, 0.4) is 0 Å². The minimum absolute atomic E-state index is 0. The molecule has 146 valence electrons. The average molecular weight is 377 g/mol. The van der Waals surface area contributed by atoms with Crippen molar-refractivity contribution in [2.75, 3.05) is 59.5 Å². The van der Waals surface area contributed by atoms with E-state index in [4.69, 9.17) is 4.74 Å². The molecule has 0 aliphatic carbocycles. The number of halogens is 1. The van der Waals surface area contributed by atoms with E-state index in [9.17, 15) is 9.59 Å². The maximum Gasteiger partial charge on any atom is 0.237 e. The fourth-order valence-electron chi connectivity index (χ4n) is 3.40. The van der Waals surface area contributed by atoms with Crippen molar-refractivity contribution in [1.82, 2.24) is 20.4 Å². The van der Waals surface area contributed by atoms with Crippen molar-refractivity contribution >= 4 is 24.2 Å². The molecule has 2 fully saturated rings. The van der Waals surface area contributed by atoms with Crippen LogP contribution in [0.4, 0.5) is 0 Å². The summed E-state index contributed by atoms with van der Waals surface area (Å²) in [4.78, 5) is 28.9. The van der Waals surface area contributed by atoms with Gasteiger partial charge in [-0.15, -0.1) is 12.4 Å². The van der Waals surface area contributed by atoms with E-state index in [2.05, 4.69) is 15.5 Å². The van der Waals surface area contributed by atoms with Gasteiger partial charge in [0.25, 0.3) is 0 Å². The van der Waals surface area contributed by atoms with Crippen LogP contribution in [0.1, 0.15) is 26.2 Å². The van der Waals surface area contributed by atoms with E-state index in [1.165, 1.54) is 0 Å². The van der Waals surface area contributed by atoms with Gasteiger partial charge in [0, 0.05) is 52.4 Å². The molecule has 2 rings (SSSR count). The van der Waals surface area contributed by atoms with Gasteiger partial charge in [-0.05, 0) is 39.3 Å². The van der Waals surface area contributed by atoms with E-state index < -0.39 is 0 Å². The number of amides is 2. The fourth-order valence-corrected chi connectivity index (χ4v) is 3.40. The molecule has 2 N–H and O–H groups in total. The van der Waals surface area contributed by atoms with Crippen LogP contribution in [0.25, 0.3) is 0 Å². The summed E-state index contributed by atoms with van der Waals surface area (Å²) in [5.74, 6) is 0.538. The highest BCUT2D eigenvalue weighted by molar-refractivity contribution is 5.85. The fraction of sp³-hybridized carbons (Fsp3) is 0.882. The van der Waals surface area contributed by atoms with Crippen LogP contribution < -0.4 is 10.6 Å². The minimum atomic E-state index is -0.149. The predicted octanol–water partition coefficient (Wildman–Crippen LogP) is 0.0932. The third kappa shape index (κ3) is 6.73. The molecule has 0 saturated carbocycles. The number of ether oxygens (including phenoxy) is 1. The van der Waals surface area contributed by atoms with Gasteiger partial charge < -0.3 is 20.3 Å². The van der Waals surface area contributed by atoms with Gasteiger partial charge in [-0.25, -0.2) is 0 Å². The number of carbonyl (C=O) groups excluding carboxylic acids is 2. The van der Waals surface area contributed by atoms with E-state index in [1.807, 2.05) is 11.8 Å². The van der Waals surface area contributed by atoms with Crippen molar-refractivity contribution in [3.05, 3.63) is 0 Å². The lowest BCUT2D eigenvalue weighted by Crippen LogP contribution is -2.56. The number of hydrogen-bond acceptors (Lipinski definition) is 5. The molecule has 2 heterocycles.